The molecule has 2 bridgehead atoms. The highest BCUT2D eigenvalue weighted by atomic mass is 35.5. The Bertz CT molecular complexity index is 1350. The maximum Gasteiger partial charge on any atom is 0.238 e. The van der Waals surface area contributed by atoms with Crippen molar-refractivity contribution in [3.05, 3.63) is 117 Å². The maximum absolute atomic E-state index is 13.7. The Labute approximate surface area is 214 Å². The van der Waals surface area contributed by atoms with Gasteiger partial charge in [-0.15, -0.1) is 0 Å². The van der Waals surface area contributed by atoms with Crippen LogP contribution in [0.15, 0.2) is 84.5 Å². The van der Waals surface area contributed by atoms with Crippen LogP contribution in [0.5, 0.6) is 0 Å². The maximum atomic E-state index is 13.7. The summed E-state index contributed by atoms with van der Waals surface area (Å²) < 4.78 is 0. The lowest BCUT2D eigenvalue weighted by Gasteiger charge is -2.22. The minimum atomic E-state index is -0.426. The number of fused-ring (bicyclic) bond motifs is 5. The first kappa shape index (κ1) is 22.3. The number of rotatable bonds is 3. The van der Waals surface area contributed by atoms with Crippen LogP contribution in [0, 0.1) is 37.5 Å². The molecule has 0 aromatic heterocycles. The Balaban J connectivity index is 1.49. The summed E-state index contributed by atoms with van der Waals surface area (Å²) in [5.41, 5.74) is 7.27. The van der Waals surface area contributed by atoms with Crippen LogP contribution < -0.4 is 4.90 Å². The fourth-order valence-electron chi connectivity index (χ4n) is 5.94. The van der Waals surface area contributed by atoms with Crippen LogP contribution in [0.3, 0.4) is 0 Å². The molecule has 3 nitrogen and oxygen atoms in total. The van der Waals surface area contributed by atoms with Gasteiger partial charge < -0.3 is 0 Å². The van der Waals surface area contributed by atoms with Crippen LogP contribution in [0.25, 0.3) is 5.57 Å². The molecule has 5 heteroatoms. The zero-order valence-corrected chi connectivity index (χ0v) is 20.8. The summed E-state index contributed by atoms with van der Waals surface area (Å²) in [6.45, 7) is 4.14. The van der Waals surface area contributed by atoms with E-state index >= 15 is 0 Å². The van der Waals surface area contributed by atoms with E-state index < -0.39 is 11.8 Å². The van der Waals surface area contributed by atoms with Gasteiger partial charge in [0, 0.05) is 16.9 Å². The number of nitrogens with zero attached hydrogens (tertiary/aromatic N) is 1. The summed E-state index contributed by atoms with van der Waals surface area (Å²) in [6.07, 6.45) is 4.23. The third kappa shape index (κ3) is 3.41. The van der Waals surface area contributed by atoms with E-state index in [0.717, 1.165) is 22.3 Å². The van der Waals surface area contributed by atoms with Crippen LogP contribution in [-0.4, -0.2) is 11.8 Å². The Morgan fingerprint density at radius 2 is 1.20 bits per heavy atom. The lowest BCUT2D eigenvalue weighted by Crippen LogP contribution is -2.33. The third-order valence-electron chi connectivity index (χ3n) is 7.54. The molecule has 1 heterocycles. The minimum absolute atomic E-state index is 0.130. The average molecular weight is 500 g/mol. The lowest BCUT2D eigenvalue weighted by atomic mass is 9.85. The zero-order chi connectivity index (χ0) is 24.4. The topological polar surface area (TPSA) is 37.4 Å². The Morgan fingerprint density at radius 3 is 1.66 bits per heavy atom. The van der Waals surface area contributed by atoms with Crippen LogP contribution >= 0.6 is 23.2 Å². The highest BCUT2D eigenvalue weighted by Crippen LogP contribution is 2.59. The number of allylic oxidation sites excluding steroid dienone is 3. The average Bonchev–Trinajstić information content (AvgIpc) is 3.46. The molecule has 0 spiro atoms. The molecule has 0 unspecified atom stereocenters. The second-order valence-electron chi connectivity index (χ2n) is 9.66. The monoisotopic (exact) mass is 499 g/mol. The Kier molecular flexibility index (Phi) is 5.24. The van der Waals surface area contributed by atoms with Gasteiger partial charge in [-0.1, -0.05) is 95.0 Å². The number of aryl methyl sites for hydroxylation is 2. The summed E-state index contributed by atoms with van der Waals surface area (Å²) in [7, 11) is 0. The minimum Gasteiger partial charge on any atom is -0.274 e. The molecule has 2 amide bonds. The molecule has 2 fully saturated rings. The zero-order valence-electron chi connectivity index (χ0n) is 19.3. The standard InChI is InChI=1S/C30H23Cl2NO2/c1-16-3-7-18(8-4-16)25(19-9-5-17(2)6-10-19)26-21-12-13-22(26)28-27(21)29(34)33(30(28)35)24-14-11-20(31)15-23(24)32/h3-15,21-22,27-28H,1-2H3/t21-,22-,27+,28+/m1/s1. The molecule has 3 aromatic carbocycles. The summed E-state index contributed by atoms with van der Waals surface area (Å²) in [4.78, 5) is 28.7. The van der Waals surface area contributed by atoms with Crippen LogP contribution in [-0.2, 0) is 9.59 Å². The molecule has 4 atom stereocenters. The van der Waals surface area contributed by atoms with Crippen molar-refractivity contribution in [3.8, 4) is 0 Å². The van der Waals surface area contributed by atoms with Gasteiger partial charge in [-0.2, -0.15) is 0 Å². The van der Waals surface area contributed by atoms with Crippen molar-refractivity contribution in [1.82, 2.24) is 0 Å². The smallest absolute Gasteiger partial charge is 0.238 e. The molecule has 1 saturated carbocycles. The summed E-state index contributed by atoms with van der Waals surface area (Å²) in [6, 6.07) is 21.8. The number of imide groups is 1. The number of halogens is 2. The largest absolute Gasteiger partial charge is 0.274 e. The number of carbonyl (C=O) groups is 2. The van der Waals surface area contributed by atoms with Crippen molar-refractivity contribution in [1.29, 1.82) is 0 Å². The van der Waals surface area contributed by atoms with Gasteiger partial charge in [-0.25, -0.2) is 4.90 Å². The van der Waals surface area contributed by atoms with Crippen LogP contribution in [0.4, 0.5) is 5.69 Å². The number of benzene rings is 3. The highest BCUT2D eigenvalue weighted by molar-refractivity contribution is 6.38. The fourth-order valence-corrected chi connectivity index (χ4v) is 6.43. The van der Waals surface area contributed by atoms with E-state index in [1.807, 2.05) is 0 Å². The van der Waals surface area contributed by atoms with E-state index in [2.05, 4.69) is 74.5 Å². The number of hydrogen-bond donors (Lipinski definition) is 0. The van der Waals surface area contributed by atoms with Crippen molar-refractivity contribution >= 4 is 46.3 Å². The van der Waals surface area contributed by atoms with Crippen molar-refractivity contribution < 1.29 is 9.59 Å². The molecule has 0 radical (unpaired) electrons. The Hall–Kier alpha value is -3.14. The third-order valence-corrected chi connectivity index (χ3v) is 8.07. The van der Waals surface area contributed by atoms with Gasteiger partial charge in [-0.05, 0) is 54.3 Å². The molecule has 3 aromatic rings. The molecule has 1 saturated heterocycles. The van der Waals surface area contributed by atoms with Gasteiger partial charge in [0.2, 0.25) is 11.8 Å². The first-order valence-electron chi connectivity index (χ1n) is 11.7. The van der Waals surface area contributed by atoms with Gasteiger partial charge in [0.05, 0.1) is 22.5 Å². The molecular weight excluding hydrogens is 477 g/mol. The molecule has 2 aliphatic carbocycles. The number of amides is 2. The van der Waals surface area contributed by atoms with E-state index in [9.17, 15) is 9.59 Å². The molecule has 174 valence electrons. The van der Waals surface area contributed by atoms with Gasteiger partial charge in [0.25, 0.3) is 0 Å². The molecule has 0 N–H and O–H groups in total. The van der Waals surface area contributed by atoms with E-state index in [1.54, 1.807) is 18.2 Å². The number of hydrogen-bond acceptors (Lipinski definition) is 2. The highest BCUT2D eigenvalue weighted by Gasteiger charge is 2.62. The summed E-state index contributed by atoms with van der Waals surface area (Å²) >= 11 is 12.4. The van der Waals surface area contributed by atoms with E-state index in [1.165, 1.54) is 16.0 Å². The molecule has 1 aliphatic heterocycles. The van der Waals surface area contributed by atoms with Gasteiger partial charge in [0.15, 0.2) is 0 Å². The fraction of sp³-hybridized carbons (Fsp3) is 0.200. The van der Waals surface area contributed by atoms with E-state index in [0.29, 0.717) is 15.7 Å². The van der Waals surface area contributed by atoms with Crippen LogP contribution in [0.1, 0.15) is 22.3 Å². The first-order valence-corrected chi connectivity index (χ1v) is 12.5. The first-order chi connectivity index (χ1) is 16.8. The van der Waals surface area contributed by atoms with Crippen molar-refractivity contribution in [2.75, 3.05) is 4.90 Å². The lowest BCUT2D eigenvalue weighted by molar-refractivity contribution is -0.122. The van der Waals surface area contributed by atoms with Gasteiger partial charge in [0.1, 0.15) is 0 Å². The van der Waals surface area contributed by atoms with Crippen molar-refractivity contribution in [2.45, 2.75) is 13.8 Å². The molecule has 3 aliphatic rings. The molecule has 6 rings (SSSR count). The summed E-state index contributed by atoms with van der Waals surface area (Å²) in [5, 5.41) is 0.765. The molecular formula is C30H23Cl2NO2. The van der Waals surface area contributed by atoms with Crippen molar-refractivity contribution in [2.24, 2.45) is 23.7 Å². The van der Waals surface area contributed by atoms with Crippen molar-refractivity contribution in [3.63, 3.8) is 0 Å². The number of carbonyl (C=O) groups excluding carboxylic acids is 2. The normalized spacial score (nSPS) is 24.5. The van der Waals surface area contributed by atoms with Crippen LogP contribution in [0.2, 0.25) is 10.0 Å². The van der Waals surface area contributed by atoms with Gasteiger partial charge >= 0.3 is 0 Å². The predicted octanol–water partition coefficient (Wildman–Crippen LogP) is 7.03. The summed E-state index contributed by atoms with van der Waals surface area (Å²) in [5.74, 6) is -1.49. The predicted molar refractivity (Wildman–Crippen MR) is 140 cm³/mol. The number of anilines is 1. The van der Waals surface area contributed by atoms with E-state index in [4.69, 9.17) is 23.2 Å². The molecule has 35 heavy (non-hydrogen) atoms. The quantitative estimate of drug-likeness (QED) is 0.286. The second kappa shape index (κ2) is 8.22. The van der Waals surface area contributed by atoms with E-state index in [-0.39, 0.29) is 23.7 Å². The SMILES string of the molecule is Cc1ccc(C(=C2[C@H]3C=C[C@H]2[C@@H]2C(=O)N(c4ccc(Cl)cc4Cl)C(=O)[C@H]23)c2ccc(C)cc2)cc1. The van der Waals surface area contributed by atoms with Gasteiger partial charge in [-0.3, -0.25) is 9.59 Å². The second-order valence-corrected chi connectivity index (χ2v) is 10.5. The Morgan fingerprint density at radius 1 is 0.714 bits per heavy atom.